The van der Waals surface area contributed by atoms with Crippen LogP contribution >= 0.6 is 0 Å². The van der Waals surface area contributed by atoms with Crippen LogP contribution in [0.1, 0.15) is 32.1 Å². The molecule has 2 fully saturated rings. The third-order valence-corrected chi connectivity index (χ3v) is 4.55. The Labute approximate surface area is 110 Å². The SMILES string of the molecule is CN1CCN(C2(CNC(N)=O)CCCCC2)CC1. The van der Waals surface area contributed by atoms with E-state index in [2.05, 4.69) is 22.2 Å². The van der Waals surface area contributed by atoms with Gasteiger partial charge in [0, 0.05) is 38.3 Å². The van der Waals surface area contributed by atoms with Crippen molar-refractivity contribution in [2.24, 2.45) is 5.73 Å². The molecule has 1 aliphatic heterocycles. The standard InChI is InChI=1S/C13H26N4O/c1-16-7-9-17(10-8-16)13(11-15-12(14)18)5-3-2-4-6-13/h2-11H2,1H3,(H3,14,15,18). The van der Waals surface area contributed by atoms with Gasteiger partial charge in [-0.1, -0.05) is 19.3 Å². The lowest BCUT2D eigenvalue weighted by atomic mass is 9.79. The highest BCUT2D eigenvalue weighted by molar-refractivity contribution is 5.71. The number of carbonyl (C=O) groups is 1. The van der Waals surface area contributed by atoms with Crippen molar-refractivity contribution in [2.75, 3.05) is 39.8 Å². The summed E-state index contributed by atoms with van der Waals surface area (Å²) in [4.78, 5) is 16.0. The van der Waals surface area contributed by atoms with Crippen molar-refractivity contribution in [1.82, 2.24) is 15.1 Å². The number of nitrogens with two attached hydrogens (primary N) is 1. The summed E-state index contributed by atoms with van der Waals surface area (Å²) in [5.74, 6) is 0. The van der Waals surface area contributed by atoms with E-state index in [9.17, 15) is 4.79 Å². The maximum Gasteiger partial charge on any atom is 0.312 e. The van der Waals surface area contributed by atoms with Crippen LogP contribution in [-0.2, 0) is 0 Å². The Balaban J connectivity index is 2.01. The van der Waals surface area contributed by atoms with E-state index in [0.717, 1.165) is 26.2 Å². The quantitative estimate of drug-likeness (QED) is 0.775. The molecule has 5 heteroatoms. The molecule has 2 amide bonds. The van der Waals surface area contributed by atoms with Crippen molar-refractivity contribution in [3.63, 3.8) is 0 Å². The largest absolute Gasteiger partial charge is 0.352 e. The first-order valence-electron chi connectivity index (χ1n) is 7.09. The second-order valence-corrected chi connectivity index (χ2v) is 5.79. The van der Waals surface area contributed by atoms with Crippen molar-refractivity contribution < 1.29 is 4.79 Å². The fraction of sp³-hybridized carbons (Fsp3) is 0.923. The molecule has 18 heavy (non-hydrogen) atoms. The fourth-order valence-corrected chi connectivity index (χ4v) is 3.35. The van der Waals surface area contributed by atoms with E-state index in [1.807, 2.05) is 0 Å². The molecule has 1 saturated carbocycles. The van der Waals surface area contributed by atoms with Crippen LogP contribution in [0.3, 0.4) is 0 Å². The number of carbonyl (C=O) groups excluding carboxylic acids is 1. The van der Waals surface area contributed by atoms with Gasteiger partial charge in [0.05, 0.1) is 0 Å². The second kappa shape index (κ2) is 5.89. The zero-order chi connectivity index (χ0) is 13.0. The van der Waals surface area contributed by atoms with Crippen LogP contribution in [0.25, 0.3) is 0 Å². The molecule has 104 valence electrons. The lowest BCUT2D eigenvalue weighted by Gasteiger charge is -2.49. The van der Waals surface area contributed by atoms with Crippen molar-refractivity contribution in [3.05, 3.63) is 0 Å². The van der Waals surface area contributed by atoms with Crippen LogP contribution < -0.4 is 11.1 Å². The summed E-state index contributed by atoms with van der Waals surface area (Å²) in [7, 11) is 2.17. The van der Waals surface area contributed by atoms with E-state index >= 15 is 0 Å². The number of nitrogens with zero attached hydrogens (tertiary/aromatic N) is 2. The van der Waals surface area contributed by atoms with Gasteiger partial charge in [0.25, 0.3) is 0 Å². The van der Waals surface area contributed by atoms with Crippen molar-refractivity contribution in [2.45, 2.75) is 37.6 Å². The highest BCUT2D eigenvalue weighted by Crippen LogP contribution is 2.33. The summed E-state index contributed by atoms with van der Waals surface area (Å²) >= 11 is 0. The van der Waals surface area contributed by atoms with Gasteiger partial charge in [-0.3, -0.25) is 4.90 Å². The summed E-state index contributed by atoms with van der Waals surface area (Å²) in [6.45, 7) is 5.18. The molecular formula is C13H26N4O. The third kappa shape index (κ3) is 3.14. The maximum absolute atomic E-state index is 11.0. The molecule has 0 aromatic rings. The molecule has 0 radical (unpaired) electrons. The van der Waals surface area contributed by atoms with Crippen LogP contribution in [0.5, 0.6) is 0 Å². The number of hydrogen-bond donors (Lipinski definition) is 2. The molecule has 0 aromatic carbocycles. The summed E-state index contributed by atoms with van der Waals surface area (Å²) in [6, 6.07) is -0.394. The maximum atomic E-state index is 11.0. The molecule has 0 bridgehead atoms. The summed E-state index contributed by atoms with van der Waals surface area (Å²) in [5, 5.41) is 2.85. The Morgan fingerprint density at radius 3 is 2.33 bits per heavy atom. The second-order valence-electron chi connectivity index (χ2n) is 5.79. The Hall–Kier alpha value is -0.810. The van der Waals surface area contributed by atoms with Crippen LogP contribution in [0.15, 0.2) is 0 Å². The van der Waals surface area contributed by atoms with Crippen LogP contribution in [-0.4, -0.2) is 61.1 Å². The summed E-state index contributed by atoms with van der Waals surface area (Å²) < 4.78 is 0. The minimum atomic E-state index is -0.394. The number of urea groups is 1. The zero-order valence-electron chi connectivity index (χ0n) is 11.5. The smallest absolute Gasteiger partial charge is 0.312 e. The topological polar surface area (TPSA) is 61.6 Å². The van der Waals surface area contributed by atoms with Crippen LogP contribution in [0.2, 0.25) is 0 Å². The van der Waals surface area contributed by atoms with E-state index in [-0.39, 0.29) is 5.54 Å². The number of piperazine rings is 1. The summed E-state index contributed by atoms with van der Waals surface area (Å²) in [5.41, 5.74) is 5.40. The monoisotopic (exact) mass is 254 g/mol. The fourth-order valence-electron chi connectivity index (χ4n) is 3.35. The van der Waals surface area contributed by atoms with Crippen molar-refractivity contribution in [3.8, 4) is 0 Å². The molecule has 2 aliphatic rings. The van der Waals surface area contributed by atoms with Crippen molar-refractivity contribution >= 4 is 6.03 Å². The Morgan fingerprint density at radius 1 is 1.17 bits per heavy atom. The minimum Gasteiger partial charge on any atom is -0.352 e. The Morgan fingerprint density at radius 2 is 1.78 bits per heavy atom. The molecular weight excluding hydrogens is 228 g/mol. The van der Waals surface area contributed by atoms with Gasteiger partial charge in [-0.15, -0.1) is 0 Å². The molecule has 0 spiro atoms. The molecule has 1 heterocycles. The molecule has 1 aliphatic carbocycles. The van der Waals surface area contributed by atoms with Gasteiger partial charge in [-0.2, -0.15) is 0 Å². The van der Waals surface area contributed by atoms with Crippen LogP contribution in [0.4, 0.5) is 4.79 Å². The minimum absolute atomic E-state index is 0.161. The molecule has 0 unspecified atom stereocenters. The highest BCUT2D eigenvalue weighted by atomic mass is 16.2. The Bertz CT molecular complexity index is 281. The highest BCUT2D eigenvalue weighted by Gasteiger charge is 2.38. The predicted molar refractivity (Wildman–Crippen MR) is 72.5 cm³/mol. The number of primary amides is 1. The van der Waals surface area contributed by atoms with Gasteiger partial charge in [0.2, 0.25) is 0 Å². The first-order chi connectivity index (χ1) is 8.62. The lowest BCUT2D eigenvalue weighted by molar-refractivity contribution is 0.0156. The summed E-state index contributed by atoms with van der Waals surface area (Å²) in [6.07, 6.45) is 6.25. The molecule has 0 atom stereocenters. The van der Waals surface area contributed by atoms with E-state index in [0.29, 0.717) is 6.54 Å². The predicted octanol–water partition coefficient (Wildman–Crippen LogP) is 0.605. The average molecular weight is 254 g/mol. The zero-order valence-corrected chi connectivity index (χ0v) is 11.5. The van der Waals surface area contributed by atoms with Crippen LogP contribution in [0, 0.1) is 0 Å². The van der Waals surface area contributed by atoms with E-state index in [4.69, 9.17) is 5.73 Å². The van der Waals surface area contributed by atoms with Gasteiger partial charge < -0.3 is 16.0 Å². The van der Waals surface area contributed by atoms with Gasteiger partial charge >= 0.3 is 6.03 Å². The Kier molecular flexibility index (Phi) is 4.45. The van der Waals surface area contributed by atoms with Gasteiger partial charge in [0.1, 0.15) is 0 Å². The lowest BCUT2D eigenvalue weighted by Crippen LogP contribution is -2.61. The van der Waals surface area contributed by atoms with E-state index in [1.54, 1.807) is 0 Å². The first kappa shape index (κ1) is 13.6. The van der Waals surface area contributed by atoms with Gasteiger partial charge in [0.15, 0.2) is 0 Å². The number of hydrogen-bond acceptors (Lipinski definition) is 3. The molecule has 5 nitrogen and oxygen atoms in total. The number of amides is 2. The molecule has 3 N–H and O–H groups in total. The first-order valence-corrected chi connectivity index (χ1v) is 7.09. The van der Waals surface area contributed by atoms with Gasteiger partial charge in [-0.25, -0.2) is 4.79 Å². The normalized spacial score (nSPS) is 25.8. The number of rotatable bonds is 3. The van der Waals surface area contributed by atoms with Gasteiger partial charge in [-0.05, 0) is 19.9 Å². The number of nitrogens with one attached hydrogen (secondary N) is 1. The number of likely N-dealkylation sites (N-methyl/N-ethyl adjacent to an activating group) is 1. The molecule has 2 rings (SSSR count). The average Bonchev–Trinajstić information content (AvgIpc) is 2.38. The third-order valence-electron chi connectivity index (χ3n) is 4.55. The van der Waals surface area contributed by atoms with E-state index in [1.165, 1.54) is 32.1 Å². The molecule has 0 aromatic heterocycles. The van der Waals surface area contributed by atoms with E-state index < -0.39 is 6.03 Å². The van der Waals surface area contributed by atoms with Crippen molar-refractivity contribution in [1.29, 1.82) is 0 Å². The molecule has 1 saturated heterocycles.